The highest BCUT2D eigenvalue weighted by Crippen LogP contribution is 2.10. The third-order valence-corrected chi connectivity index (χ3v) is 3.18. The van der Waals surface area contributed by atoms with Crippen molar-refractivity contribution in [2.75, 3.05) is 13.2 Å². The highest BCUT2D eigenvalue weighted by Gasteiger charge is 2.01. The number of esters is 1. The maximum absolute atomic E-state index is 11.2. The number of hydrogen-bond donors (Lipinski definition) is 3. The Bertz CT molecular complexity index is 258. The summed E-state index contributed by atoms with van der Waals surface area (Å²) in [6.07, 6.45) is 12.6. The maximum Gasteiger partial charge on any atom is 0.325 e. The second-order valence-electron chi connectivity index (χ2n) is 5.17. The largest absolute Gasteiger partial charge is 0.464 e. The van der Waals surface area contributed by atoms with Gasteiger partial charge in [0.15, 0.2) is 5.96 Å². The summed E-state index contributed by atoms with van der Waals surface area (Å²) in [4.78, 5) is 11.2. The van der Waals surface area contributed by atoms with Crippen molar-refractivity contribution in [1.29, 1.82) is 5.41 Å². The van der Waals surface area contributed by atoms with Crippen LogP contribution in [0.1, 0.15) is 71.1 Å². The molecule has 5 heteroatoms. The number of carbonyl (C=O) groups is 1. The molecule has 0 aromatic rings. The lowest BCUT2D eigenvalue weighted by molar-refractivity contribution is -0.142. The summed E-state index contributed by atoms with van der Waals surface area (Å²) in [6, 6.07) is 0. The van der Waals surface area contributed by atoms with Gasteiger partial charge in [-0.1, -0.05) is 64.7 Å². The molecule has 0 saturated carbocycles. The van der Waals surface area contributed by atoms with E-state index in [2.05, 4.69) is 12.2 Å². The molecule has 0 radical (unpaired) electrons. The van der Waals surface area contributed by atoms with Crippen LogP contribution in [-0.4, -0.2) is 25.1 Å². The number of carbonyl (C=O) groups excluding carboxylic acids is 1. The first-order chi connectivity index (χ1) is 9.66. The normalized spacial score (nSPS) is 10.2. The molecule has 0 aliphatic rings. The van der Waals surface area contributed by atoms with E-state index < -0.39 is 0 Å². The number of hydrogen-bond acceptors (Lipinski definition) is 3. The average molecular weight is 285 g/mol. The molecule has 4 N–H and O–H groups in total. The summed E-state index contributed by atoms with van der Waals surface area (Å²) in [6.45, 7) is 2.69. The molecular formula is C15H31N3O2. The molecule has 0 aromatic heterocycles. The molecule has 0 bridgehead atoms. The monoisotopic (exact) mass is 285 g/mol. The van der Waals surface area contributed by atoms with Gasteiger partial charge in [0, 0.05) is 0 Å². The van der Waals surface area contributed by atoms with Crippen molar-refractivity contribution in [3.8, 4) is 0 Å². The van der Waals surface area contributed by atoms with Gasteiger partial charge in [0.05, 0.1) is 6.61 Å². The Labute approximate surface area is 123 Å². The molecule has 0 amide bonds. The zero-order valence-corrected chi connectivity index (χ0v) is 12.9. The van der Waals surface area contributed by atoms with Crippen molar-refractivity contribution >= 4 is 11.9 Å². The molecule has 0 unspecified atom stereocenters. The summed E-state index contributed by atoms with van der Waals surface area (Å²) < 4.78 is 5.01. The average Bonchev–Trinajstić information content (AvgIpc) is 2.42. The van der Waals surface area contributed by atoms with Crippen LogP contribution in [0.5, 0.6) is 0 Å². The van der Waals surface area contributed by atoms with Gasteiger partial charge in [-0.3, -0.25) is 10.2 Å². The van der Waals surface area contributed by atoms with E-state index in [1.807, 2.05) is 0 Å². The number of nitrogens with one attached hydrogen (secondary N) is 2. The van der Waals surface area contributed by atoms with Crippen molar-refractivity contribution in [3.05, 3.63) is 0 Å². The van der Waals surface area contributed by atoms with Crippen LogP contribution >= 0.6 is 0 Å². The molecule has 118 valence electrons. The van der Waals surface area contributed by atoms with Gasteiger partial charge in [-0.15, -0.1) is 0 Å². The molecule has 0 aliphatic heterocycles. The van der Waals surface area contributed by atoms with E-state index in [1.54, 1.807) is 0 Å². The fraction of sp³-hybridized carbons (Fsp3) is 0.867. The third-order valence-electron chi connectivity index (χ3n) is 3.18. The molecule has 0 atom stereocenters. The lowest BCUT2D eigenvalue weighted by Crippen LogP contribution is -2.35. The lowest BCUT2D eigenvalue weighted by Gasteiger charge is -2.06. The molecule has 0 fully saturated rings. The van der Waals surface area contributed by atoms with E-state index in [-0.39, 0.29) is 18.5 Å². The van der Waals surface area contributed by atoms with Crippen LogP contribution in [0.3, 0.4) is 0 Å². The minimum atomic E-state index is -0.351. The van der Waals surface area contributed by atoms with Crippen LogP contribution in [0.4, 0.5) is 0 Å². The van der Waals surface area contributed by atoms with Gasteiger partial charge in [-0.05, 0) is 6.42 Å². The highest BCUT2D eigenvalue weighted by molar-refractivity contribution is 5.80. The van der Waals surface area contributed by atoms with Crippen LogP contribution in [0, 0.1) is 5.41 Å². The first-order valence-corrected chi connectivity index (χ1v) is 7.90. The first-order valence-electron chi connectivity index (χ1n) is 7.90. The highest BCUT2D eigenvalue weighted by atomic mass is 16.5. The molecule has 0 saturated heterocycles. The van der Waals surface area contributed by atoms with Crippen LogP contribution in [0.25, 0.3) is 0 Å². The molecule has 0 aliphatic carbocycles. The van der Waals surface area contributed by atoms with Crippen molar-refractivity contribution in [2.45, 2.75) is 71.1 Å². The Morgan fingerprint density at radius 3 is 2.00 bits per heavy atom. The Balaban J connectivity index is 3.12. The summed E-state index contributed by atoms with van der Waals surface area (Å²) >= 11 is 0. The zero-order valence-electron chi connectivity index (χ0n) is 12.9. The summed E-state index contributed by atoms with van der Waals surface area (Å²) in [7, 11) is 0. The summed E-state index contributed by atoms with van der Waals surface area (Å²) in [5.41, 5.74) is 5.07. The van der Waals surface area contributed by atoms with Gasteiger partial charge < -0.3 is 15.8 Å². The Morgan fingerprint density at radius 1 is 1.00 bits per heavy atom. The summed E-state index contributed by atoms with van der Waals surface area (Å²) in [5, 5.41) is 9.33. The van der Waals surface area contributed by atoms with Gasteiger partial charge in [-0.25, -0.2) is 0 Å². The SMILES string of the molecule is CCCCCCCCCCCCOC(=O)CNC(=N)N. The predicted molar refractivity (Wildman–Crippen MR) is 82.7 cm³/mol. The van der Waals surface area contributed by atoms with Crippen molar-refractivity contribution in [1.82, 2.24) is 5.32 Å². The van der Waals surface area contributed by atoms with Crippen LogP contribution in [0.2, 0.25) is 0 Å². The number of unbranched alkanes of at least 4 members (excludes halogenated alkanes) is 9. The van der Waals surface area contributed by atoms with E-state index in [1.165, 1.54) is 51.4 Å². The Hall–Kier alpha value is -1.26. The van der Waals surface area contributed by atoms with Crippen LogP contribution in [0.15, 0.2) is 0 Å². The fourth-order valence-corrected chi connectivity index (χ4v) is 1.99. The van der Waals surface area contributed by atoms with Crippen LogP contribution < -0.4 is 11.1 Å². The van der Waals surface area contributed by atoms with E-state index in [9.17, 15) is 4.79 Å². The van der Waals surface area contributed by atoms with E-state index in [0.717, 1.165) is 12.8 Å². The summed E-state index contributed by atoms with van der Waals surface area (Å²) in [5.74, 6) is -0.558. The first kappa shape index (κ1) is 18.7. The quantitative estimate of drug-likeness (QED) is 0.210. The molecule has 20 heavy (non-hydrogen) atoms. The Morgan fingerprint density at radius 2 is 1.50 bits per heavy atom. The molecule has 5 nitrogen and oxygen atoms in total. The minimum absolute atomic E-state index is 0.0207. The standard InChI is InChI=1S/C15H31N3O2/c1-2-3-4-5-6-7-8-9-10-11-12-20-14(19)13-18-15(16)17/h2-13H2,1H3,(H4,16,17,18). The van der Waals surface area contributed by atoms with Gasteiger partial charge >= 0.3 is 5.97 Å². The third kappa shape index (κ3) is 14.8. The van der Waals surface area contributed by atoms with E-state index in [4.69, 9.17) is 15.9 Å². The Kier molecular flexibility index (Phi) is 13.3. The molecule has 0 heterocycles. The van der Waals surface area contributed by atoms with Gasteiger partial charge in [0.25, 0.3) is 0 Å². The number of ether oxygens (including phenoxy) is 1. The van der Waals surface area contributed by atoms with Crippen molar-refractivity contribution in [3.63, 3.8) is 0 Å². The van der Waals surface area contributed by atoms with Gasteiger partial charge in [0.1, 0.15) is 6.54 Å². The van der Waals surface area contributed by atoms with Crippen molar-refractivity contribution in [2.24, 2.45) is 5.73 Å². The molecular weight excluding hydrogens is 254 g/mol. The topological polar surface area (TPSA) is 88.2 Å². The molecule has 0 rings (SSSR count). The predicted octanol–water partition coefficient (Wildman–Crippen LogP) is 2.93. The second-order valence-corrected chi connectivity index (χ2v) is 5.17. The van der Waals surface area contributed by atoms with Crippen LogP contribution in [-0.2, 0) is 9.53 Å². The smallest absolute Gasteiger partial charge is 0.325 e. The van der Waals surface area contributed by atoms with Gasteiger partial charge in [-0.2, -0.15) is 0 Å². The molecule has 0 aromatic carbocycles. The fourth-order valence-electron chi connectivity index (χ4n) is 1.99. The maximum atomic E-state index is 11.2. The molecule has 0 spiro atoms. The number of guanidine groups is 1. The number of nitrogens with two attached hydrogens (primary N) is 1. The van der Waals surface area contributed by atoms with E-state index in [0.29, 0.717) is 6.61 Å². The minimum Gasteiger partial charge on any atom is -0.464 e. The van der Waals surface area contributed by atoms with E-state index >= 15 is 0 Å². The second kappa shape index (κ2) is 14.2. The van der Waals surface area contributed by atoms with Gasteiger partial charge in [0.2, 0.25) is 0 Å². The lowest BCUT2D eigenvalue weighted by atomic mass is 10.1. The van der Waals surface area contributed by atoms with Crippen molar-refractivity contribution < 1.29 is 9.53 Å². The number of rotatable bonds is 13. The zero-order chi connectivity index (χ0) is 15.1.